The lowest BCUT2D eigenvalue weighted by Crippen LogP contribution is -2.27. The number of benzene rings is 2. The van der Waals surface area contributed by atoms with Crippen molar-refractivity contribution in [3.05, 3.63) is 81.6 Å². The molecule has 0 unspecified atom stereocenters. The van der Waals surface area contributed by atoms with Crippen LogP contribution < -0.4 is 5.32 Å². The molecule has 170 valence electrons. The first-order valence-electron chi connectivity index (χ1n) is 9.86. The van der Waals surface area contributed by atoms with Crippen molar-refractivity contribution in [2.24, 2.45) is 0 Å². The number of fused-ring (bicyclic) bond motifs is 1. The minimum absolute atomic E-state index is 0.0659. The second kappa shape index (κ2) is 9.46. The largest absolute Gasteiger partial charge is 0.416 e. The van der Waals surface area contributed by atoms with E-state index in [-0.39, 0.29) is 24.1 Å². The highest BCUT2D eigenvalue weighted by molar-refractivity contribution is 7.19. The van der Waals surface area contributed by atoms with Crippen LogP contribution in [0.4, 0.5) is 13.2 Å². The zero-order valence-corrected chi connectivity index (χ0v) is 18.6. The summed E-state index contributed by atoms with van der Waals surface area (Å²) >= 11 is 7.50. The molecule has 0 aliphatic rings. The van der Waals surface area contributed by atoms with Gasteiger partial charge in [-0.3, -0.25) is 4.79 Å². The van der Waals surface area contributed by atoms with Gasteiger partial charge in [0.2, 0.25) is 5.28 Å². The number of rotatable bonds is 6. The molecule has 2 aromatic heterocycles. The summed E-state index contributed by atoms with van der Waals surface area (Å²) in [7, 11) is 0. The molecule has 0 aliphatic heterocycles. The Morgan fingerprint density at radius 3 is 2.64 bits per heavy atom. The molecule has 2 N–H and O–H groups in total. The zero-order valence-electron chi connectivity index (χ0n) is 17.0. The van der Waals surface area contributed by atoms with Gasteiger partial charge in [0, 0.05) is 28.1 Å². The first-order chi connectivity index (χ1) is 15.7. The molecule has 0 spiro atoms. The number of carbonyl (C=O) groups excluding carboxylic acids is 1. The Balaban J connectivity index is 1.69. The van der Waals surface area contributed by atoms with Gasteiger partial charge in [-0.05, 0) is 40.7 Å². The summed E-state index contributed by atoms with van der Waals surface area (Å²) in [5.41, 5.74) is 1.13. The molecule has 2 aromatic carbocycles. The van der Waals surface area contributed by atoms with Gasteiger partial charge in [0.15, 0.2) is 0 Å². The second-order valence-corrected chi connectivity index (χ2v) is 8.67. The van der Waals surface area contributed by atoms with Crippen LogP contribution in [0.3, 0.4) is 0 Å². The number of thiophene rings is 1. The number of hydrogen-bond acceptors (Lipinski definition) is 5. The number of alkyl halides is 3. The van der Waals surface area contributed by atoms with Crippen LogP contribution in [0.1, 0.15) is 26.5 Å². The summed E-state index contributed by atoms with van der Waals surface area (Å²) in [6.07, 6.45) is -4.04. The molecule has 0 atom stereocenters. The van der Waals surface area contributed by atoms with E-state index in [1.54, 1.807) is 6.07 Å². The van der Waals surface area contributed by atoms with Crippen LogP contribution in [0.5, 0.6) is 0 Å². The number of nitrogens with zero attached hydrogens (tertiary/aromatic N) is 2. The third-order valence-corrected chi connectivity index (χ3v) is 6.19. The summed E-state index contributed by atoms with van der Waals surface area (Å²) < 4.78 is 40.0. The SMILES string of the molecule is O=C(NCCO)c1cc(-c2cccc3cc(Cc4cccc(C(F)(F)F)c4)sc23)nc(Cl)n1. The lowest BCUT2D eigenvalue weighted by atomic mass is 10.1. The summed E-state index contributed by atoms with van der Waals surface area (Å²) in [6.45, 7) is -0.129. The summed E-state index contributed by atoms with van der Waals surface area (Å²) in [5, 5.41) is 12.2. The fourth-order valence-corrected chi connectivity index (χ4v) is 4.79. The fourth-order valence-electron chi connectivity index (χ4n) is 3.40. The number of aromatic nitrogens is 2. The topological polar surface area (TPSA) is 75.1 Å². The molecule has 4 aromatic rings. The van der Waals surface area contributed by atoms with Crippen molar-refractivity contribution in [2.45, 2.75) is 12.6 Å². The van der Waals surface area contributed by atoms with Crippen LogP contribution in [0.25, 0.3) is 21.3 Å². The van der Waals surface area contributed by atoms with E-state index in [1.165, 1.54) is 23.5 Å². The zero-order chi connectivity index (χ0) is 23.6. The Bertz CT molecular complexity index is 1320. The maximum absolute atomic E-state index is 13.0. The van der Waals surface area contributed by atoms with E-state index in [4.69, 9.17) is 16.7 Å². The summed E-state index contributed by atoms with van der Waals surface area (Å²) in [6, 6.07) is 14.3. The number of amides is 1. The van der Waals surface area contributed by atoms with E-state index in [0.717, 1.165) is 32.7 Å². The average Bonchev–Trinajstić information content (AvgIpc) is 3.19. The lowest BCUT2D eigenvalue weighted by molar-refractivity contribution is -0.137. The average molecular weight is 492 g/mol. The molecular formula is C23H17ClF3N3O2S. The van der Waals surface area contributed by atoms with Gasteiger partial charge < -0.3 is 10.4 Å². The second-order valence-electron chi connectivity index (χ2n) is 7.20. The highest BCUT2D eigenvalue weighted by Gasteiger charge is 2.30. The first kappa shape index (κ1) is 23.2. The van der Waals surface area contributed by atoms with Crippen LogP contribution >= 0.6 is 22.9 Å². The summed E-state index contributed by atoms with van der Waals surface area (Å²) in [5.74, 6) is -0.488. The van der Waals surface area contributed by atoms with Crippen molar-refractivity contribution in [1.82, 2.24) is 15.3 Å². The normalized spacial score (nSPS) is 11.7. The molecule has 0 fully saturated rings. The predicted octanol–water partition coefficient (Wildman–Crippen LogP) is 5.34. The van der Waals surface area contributed by atoms with E-state index in [1.807, 2.05) is 24.3 Å². The van der Waals surface area contributed by atoms with E-state index in [9.17, 15) is 18.0 Å². The Hall–Kier alpha value is -3.01. The number of carbonyl (C=O) groups is 1. The molecule has 0 saturated heterocycles. The molecule has 2 heterocycles. The van der Waals surface area contributed by atoms with Crippen LogP contribution in [-0.4, -0.2) is 34.1 Å². The third-order valence-electron chi connectivity index (χ3n) is 4.83. The highest BCUT2D eigenvalue weighted by Crippen LogP contribution is 2.36. The minimum atomic E-state index is -4.39. The maximum atomic E-state index is 13.0. The standard InChI is InChI=1S/C23H17ClF3N3O2S/c24-22-29-18(12-19(30-22)21(32)28-7-8-31)17-6-2-4-14-11-16(33-20(14)17)10-13-3-1-5-15(9-13)23(25,26)27/h1-6,9,11-12,31H,7-8,10H2,(H,28,32). The molecule has 1 amide bonds. The Morgan fingerprint density at radius 1 is 1.09 bits per heavy atom. The van der Waals surface area contributed by atoms with Crippen LogP contribution in [0.15, 0.2) is 54.6 Å². The molecule has 0 radical (unpaired) electrons. The molecule has 10 heteroatoms. The molecular weight excluding hydrogens is 475 g/mol. The summed E-state index contributed by atoms with van der Waals surface area (Å²) in [4.78, 5) is 21.4. The van der Waals surface area contributed by atoms with Crippen molar-refractivity contribution in [1.29, 1.82) is 0 Å². The first-order valence-corrected chi connectivity index (χ1v) is 11.1. The van der Waals surface area contributed by atoms with Crippen molar-refractivity contribution in [3.8, 4) is 11.3 Å². The van der Waals surface area contributed by atoms with Gasteiger partial charge in [-0.1, -0.05) is 36.4 Å². The van der Waals surface area contributed by atoms with Crippen molar-refractivity contribution in [3.63, 3.8) is 0 Å². The smallest absolute Gasteiger partial charge is 0.395 e. The molecule has 0 saturated carbocycles. The predicted molar refractivity (Wildman–Crippen MR) is 122 cm³/mol. The molecule has 33 heavy (non-hydrogen) atoms. The van der Waals surface area contributed by atoms with E-state index < -0.39 is 17.6 Å². The van der Waals surface area contributed by atoms with Gasteiger partial charge >= 0.3 is 6.18 Å². The van der Waals surface area contributed by atoms with Gasteiger partial charge in [-0.25, -0.2) is 9.97 Å². The maximum Gasteiger partial charge on any atom is 0.416 e. The van der Waals surface area contributed by atoms with E-state index in [0.29, 0.717) is 17.7 Å². The Morgan fingerprint density at radius 2 is 1.88 bits per heavy atom. The Labute approximate surface area is 195 Å². The molecule has 0 aliphatic carbocycles. The lowest BCUT2D eigenvalue weighted by Gasteiger charge is -2.08. The van der Waals surface area contributed by atoms with Gasteiger partial charge in [0.05, 0.1) is 17.9 Å². The fraction of sp³-hybridized carbons (Fsp3) is 0.174. The molecule has 4 rings (SSSR count). The number of hydrogen-bond donors (Lipinski definition) is 2. The van der Waals surface area contributed by atoms with Crippen molar-refractivity contribution in [2.75, 3.05) is 13.2 Å². The minimum Gasteiger partial charge on any atom is -0.395 e. The van der Waals surface area contributed by atoms with Gasteiger partial charge in [0.1, 0.15) is 5.69 Å². The van der Waals surface area contributed by atoms with E-state index >= 15 is 0 Å². The van der Waals surface area contributed by atoms with Crippen LogP contribution in [0.2, 0.25) is 5.28 Å². The van der Waals surface area contributed by atoms with Crippen LogP contribution in [0, 0.1) is 0 Å². The van der Waals surface area contributed by atoms with Gasteiger partial charge in [-0.15, -0.1) is 11.3 Å². The van der Waals surface area contributed by atoms with Crippen molar-refractivity contribution >= 4 is 38.9 Å². The number of aliphatic hydroxyl groups is 1. The monoisotopic (exact) mass is 491 g/mol. The van der Waals surface area contributed by atoms with Crippen molar-refractivity contribution < 1.29 is 23.1 Å². The van der Waals surface area contributed by atoms with Gasteiger partial charge in [0.25, 0.3) is 5.91 Å². The van der Waals surface area contributed by atoms with E-state index in [2.05, 4.69) is 15.3 Å². The molecule has 0 bridgehead atoms. The van der Waals surface area contributed by atoms with Crippen LogP contribution in [-0.2, 0) is 12.6 Å². The number of nitrogens with one attached hydrogen (secondary N) is 1. The number of aliphatic hydroxyl groups excluding tert-OH is 1. The highest BCUT2D eigenvalue weighted by atomic mass is 35.5. The quantitative estimate of drug-likeness (QED) is 0.357. The third kappa shape index (κ3) is 5.32. The number of halogens is 4. The Kier molecular flexibility index (Phi) is 6.64. The van der Waals surface area contributed by atoms with Gasteiger partial charge in [-0.2, -0.15) is 13.2 Å². The molecule has 5 nitrogen and oxygen atoms in total.